The fraction of sp³-hybridized carbons (Fsp3) is 0.500. The van der Waals surface area contributed by atoms with Crippen LogP contribution in [0.25, 0.3) is 16.6 Å². The smallest absolute Gasteiger partial charge is 0.255 e. The van der Waals surface area contributed by atoms with E-state index in [1.165, 1.54) is 11.6 Å². The molecule has 1 saturated carbocycles. The molecule has 5 rings (SSSR count). The maximum atomic E-state index is 15.0. The second-order valence-corrected chi connectivity index (χ2v) is 9.55. The van der Waals surface area contributed by atoms with Crippen molar-refractivity contribution in [3.05, 3.63) is 30.5 Å². The van der Waals surface area contributed by atoms with Gasteiger partial charge in [0.15, 0.2) is 0 Å². The molecule has 1 saturated heterocycles. The van der Waals surface area contributed by atoms with Crippen LogP contribution in [0.5, 0.6) is 5.88 Å². The zero-order chi connectivity index (χ0) is 27.0. The number of anilines is 2. The van der Waals surface area contributed by atoms with Crippen LogP contribution in [0, 0.1) is 5.53 Å². The van der Waals surface area contributed by atoms with Gasteiger partial charge in [-0.2, -0.15) is 10.1 Å². The van der Waals surface area contributed by atoms with Crippen LogP contribution < -0.4 is 15.4 Å². The van der Waals surface area contributed by atoms with Crippen molar-refractivity contribution in [2.75, 3.05) is 37.4 Å². The normalized spacial score (nSPS) is 21.9. The van der Waals surface area contributed by atoms with Crippen LogP contribution in [0.4, 0.5) is 39.3 Å². The Bertz CT molecular complexity index is 1310. The summed E-state index contributed by atoms with van der Waals surface area (Å²) in [5.74, 6) is -2.29. The minimum Gasteiger partial charge on any atom is -0.479 e. The number of hydrogen-bond donors (Lipinski definition) is 3. The second kappa shape index (κ2) is 10.3. The highest BCUT2D eigenvalue weighted by atomic mass is 19.3. The molecule has 1 aliphatic carbocycles. The molecule has 0 amide bonds. The third kappa shape index (κ3) is 5.22. The molecule has 1 aromatic carbocycles. The minimum absolute atomic E-state index is 0.0635. The highest BCUT2D eigenvalue weighted by Gasteiger charge is 2.49. The lowest BCUT2D eigenvalue weighted by atomic mass is 9.85. The predicted molar refractivity (Wildman–Crippen MR) is 131 cm³/mol. The van der Waals surface area contributed by atoms with Gasteiger partial charge in [0.25, 0.3) is 12.3 Å². The van der Waals surface area contributed by atoms with Crippen molar-refractivity contribution < 1.29 is 26.7 Å². The molecule has 0 spiro atoms. The van der Waals surface area contributed by atoms with E-state index in [0.29, 0.717) is 29.6 Å². The van der Waals surface area contributed by atoms with Crippen LogP contribution in [0.1, 0.15) is 19.3 Å². The SMILES string of the molecule is COc1nc(N[C@H]2CCN(C3CC(F)(F)C3)C[C@H]2F)nn2ccc(-c3ccc(N=N)c(NCC(F)F)c3)c12. The largest absolute Gasteiger partial charge is 0.479 e. The second-order valence-electron chi connectivity index (χ2n) is 9.55. The van der Waals surface area contributed by atoms with Crippen molar-refractivity contribution in [1.82, 2.24) is 19.5 Å². The predicted octanol–water partition coefficient (Wildman–Crippen LogP) is 5.37. The number of alkyl halides is 5. The number of nitrogens with zero attached hydrogens (tertiary/aromatic N) is 5. The third-order valence-corrected chi connectivity index (χ3v) is 7.02. The van der Waals surface area contributed by atoms with Crippen molar-refractivity contribution in [2.45, 2.75) is 49.9 Å². The van der Waals surface area contributed by atoms with E-state index in [-0.39, 0.29) is 48.6 Å². The lowest BCUT2D eigenvalue weighted by molar-refractivity contribution is -0.131. The summed E-state index contributed by atoms with van der Waals surface area (Å²) in [6.45, 7) is -0.0338. The Labute approximate surface area is 214 Å². The molecule has 2 aromatic heterocycles. The third-order valence-electron chi connectivity index (χ3n) is 7.02. The van der Waals surface area contributed by atoms with Gasteiger partial charge in [-0.05, 0) is 30.2 Å². The fourth-order valence-electron chi connectivity index (χ4n) is 5.03. The van der Waals surface area contributed by atoms with Gasteiger partial charge in [-0.25, -0.2) is 32.0 Å². The summed E-state index contributed by atoms with van der Waals surface area (Å²) < 4.78 is 73.9. The van der Waals surface area contributed by atoms with Crippen molar-refractivity contribution in [3.8, 4) is 17.0 Å². The van der Waals surface area contributed by atoms with E-state index in [2.05, 4.69) is 25.8 Å². The molecule has 38 heavy (non-hydrogen) atoms. The lowest BCUT2D eigenvalue weighted by Crippen LogP contribution is -2.57. The Kier molecular flexibility index (Phi) is 7.07. The molecule has 2 atom stereocenters. The van der Waals surface area contributed by atoms with Crippen LogP contribution in [0.15, 0.2) is 35.6 Å². The Morgan fingerprint density at radius 2 is 2.05 bits per heavy atom. The average molecular weight is 539 g/mol. The molecule has 0 unspecified atom stereocenters. The summed E-state index contributed by atoms with van der Waals surface area (Å²) in [5, 5.41) is 13.5. The molecule has 3 aromatic rings. The van der Waals surface area contributed by atoms with Gasteiger partial charge >= 0.3 is 0 Å². The van der Waals surface area contributed by atoms with Gasteiger partial charge in [-0.3, -0.25) is 4.90 Å². The van der Waals surface area contributed by atoms with Crippen molar-refractivity contribution in [3.63, 3.8) is 0 Å². The molecular weight excluding hydrogens is 511 g/mol. The van der Waals surface area contributed by atoms with Crippen LogP contribution in [0.2, 0.25) is 0 Å². The van der Waals surface area contributed by atoms with Crippen LogP contribution in [-0.4, -0.2) is 76.8 Å². The maximum Gasteiger partial charge on any atom is 0.255 e. The highest BCUT2D eigenvalue weighted by Crippen LogP contribution is 2.41. The van der Waals surface area contributed by atoms with E-state index in [1.807, 2.05) is 0 Å². The fourth-order valence-corrected chi connectivity index (χ4v) is 5.03. The summed E-state index contributed by atoms with van der Waals surface area (Å²) in [6.07, 6.45) is -2.24. The van der Waals surface area contributed by atoms with Crippen LogP contribution in [0.3, 0.4) is 0 Å². The Balaban J connectivity index is 1.35. The van der Waals surface area contributed by atoms with Crippen LogP contribution in [-0.2, 0) is 0 Å². The maximum absolute atomic E-state index is 15.0. The Hall–Kier alpha value is -3.55. The highest BCUT2D eigenvalue weighted by molar-refractivity contribution is 5.87. The number of nitrogens with one attached hydrogen (secondary N) is 3. The molecule has 2 aliphatic rings. The molecule has 1 aliphatic heterocycles. The Morgan fingerprint density at radius 3 is 2.71 bits per heavy atom. The van der Waals surface area contributed by atoms with E-state index in [0.717, 1.165) is 0 Å². The molecule has 0 radical (unpaired) electrons. The average Bonchev–Trinajstić information content (AvgIpc) is 3.30. The van der Waals surface area contributed by atoms with E-state index < -0.39 is 31.1 Å². The van der Waals surface area contributed by atoms with Crippen molar-refractivity contribution >= 4 is 22.8 Å². The monoisotopic (exact) mass is 538 g/mol. The van der Waals surface area contributed by atoms with Crippen molar-refractivity contribution in [1.29, 1.82) is 5.53 Å². The van der Waals surface area contributed by atoms with Gasteiger partial charge in [0.05, 0.1) is 25.4 Å². The van der Waals surface area contributed by atoms with Gasteiger partial charge in [-0.1, -0.05) is 6.07 Å². The number of fused-ring (bicyclic) bond motifs is 1. The van der Waals surface area contributed by atoms with Gasteiger partial charge in [0, 0.05) is 43.7 Å². The van der Waals surface area contributed by atoms with Gasteiger partial charge in [0.1, 0.15) is 17.4 Å². The molecular formula is C24H27F5N8O. The lowest BCUT2D eigenvalue weighted by Gasteiger charge is -2.46. The molecule has 204 valence electrons. The number of halogens is 5. The standard InChI is InChI=1S/C24H27F5N8O/c1-38-22-21-15(13-2-3-18(34-30)19(8-13)31-11-20(26)27)4-7-37(21)35-23(33-22)32-17-5-6-36(12-16(17)25)14-9-24(28,29)10-14/h2-4,7-8,14,16-17,20,30-31H,5-6,9-12H2,1H3,(H,32,35)/t16-,17+/m1/s1. The first-order valence-corrected chi connectivity index (χ1v) is 12.2. The number of rotatable bonds is 9. The quantitative estimate of drug-likeness (QED) is 0.250. The number of ether oxygens (including phenoxy) is 1. The number of aromatic nitrogens is 3. The number of hydrogen-bond acceptors (Lipinski definition) is 8. The zero-order valence-electron chi connectivity index (χ0n) is 20.5. The summed E-state index contributed by atoms with van der Waals surface area (Å²) in [7, 11) is 1.44. The molecule has 3 heterocycles. The summed E-state index contributed by atoms with van der Waals surface area (Å²) in [5.41, 5.74) is 9.59. The molecule has 0 bridgehead atoms. The number of likely N-dealkylation sites (tertiary alicyclic amines) is 1. The van der Waals surface area contributed by atoms with E-state index >= 15 is 0 Å². The van der Waals surface area contributed by atoms with Crippen LogP contribution >= 0.6 is 0 Å². The molecule has 9 nitrogen and oxygen atoms in total. The topological polar surface area (TPSA) is 103 Å². The number of methoxy groups -OCH3 is 1. The van der Waals surface area contributed by atoms with E-state index in [1.54, 1.807) is 35.4 Å². The first kappa shape index (κ1) is 26.1. The summed E-state index contributed by atoms with van der Waals surface area (Å²) in [6, 6.07) is 5.72. The molecule has 3 N–H and O–H groups in total. The molecule has 14 heteroatoms. The molecule has 2 fully saturated rings. The van der Waals surface area contributed by atoms with Gasteiger partial charge in [-0.15, -0.1) is 5.10 Å². The first-order chi connectivity index (χ1) is 18.2. The van der Waals surface area contributed by atoms with Gasteiger partial charge < -0.3 is 15.4 Å². The van der Waals surface area contributed by atoms with E-state index in [4.69, 9.17) is 10.3 Å². The van der Waals surface area contributed by atoms with Crippen molar-refractivity contribution in [2.24, 2.45) is 5.11 Å². The number of piperidine rings is 1. The summed E-state index contributed by atoms with van der Waals surface area (Å²) >= 11 is 0. The first-order valence-electron chi connectivity index (χ1n) is 12.2. The Morgan fingerprint density at radius 1 is 1.26 bits per heavy atom. The summed E-state index contributed by atoms with van der Waals surface area (Å²) in [4.78, 5) is 6.20. The van der Waals surface area contributed by atoms with Gasteiger partial charge in [0.2, 0.25) is 11.8 Å². The minimum atomic E-state index is -2.65. The van der Waals surface area contributed by atoms with E-state index in [9.17, 15) is 22.0 Å². The number of benzene rings is 1. The zero-order valence-corrected chi connectivity index (χ0v) is 20.5.